The van der Waals surface area contributed by atoms with Gasteiger partial charge in [0, 0.05) is 63.0 Å². The Hall–Kier alpha value is -4.53. The van der Waals surface area contributed by atoms with E-state index in [1.165, 1.54) is 11.9 Å². The molecule has 1 amide bonds. The molecule has 0 saturated carbocycles. The van der Waals surface area contributed by atoms with Crippen LogP contribution in [0.4, 0.5) is 28.6 Å². The maximum absolute atomic E-state index is 12.9. The van der Waals surface area contributed by atoms with Crippen molar-refractivity contribution < 1.29 is 17.9 Å². The summed E-state index contributed by atoms with van der Waals surface area (Å²) < 4.78 is 31.6. The molecule has 2 aromatic heterocycles. The Bertz CT molecular complexity index is 1930. The Morgan fingerprint density at radius 2 is 1.71 bits per heavy atom. The van der Waals surface area contributed by atoms with Crippen LogP contribution in [-0.2, 0) is 27.7 Å². The average molecular weight is 686 g/mol. The second kappa shape index (κ2) is 13.8. The fraction of sp³-hybridized carbons (Fsp3) is 0.429. The molecule has 258 valence electrons. The van der Waals surface area contributed by atoms with Gasteiger partial charge in [0.15, 0.2) is 11.5 Å². The Morgan fingerprint density at radius 3 is 2.43 bits per heavy atom. The van der Waals surface area contributed by atoms with Gasteiger partial charge < -0.3 is 25.6 Å². The molecule has 7 rings (SSSR count). The quantitative estimate of drug-likeness (QED) is 0.229. The zero-order valence-corrected chi connectivity index (χ0v) is 29.0. The first-order valence-electron chi connectivity index (χ1n) is 16.8. The highest BCUT2D eigenvalue weighted by Crippen LogP contribution is 2.45. The molecule has 0 bridgehead atoms. The van der Waals surface area contributed by atoms with Gasteiger partial charge in [0.1, 0.15) is 9.84 Å². The van der Waals surface area contributed by atoms with E-state index in [9.17, 15) is 13.2 Å². The van der Waals surface area contributed by atoms with Gasteiger partial charge in [-0.2, -0.15) is 5.10 Å². The first kappa shape index (κ1) is 33.0. The van der Waals surface area contributed by atoms with Crippen LogP contribution in [0.1, 0.15) is 53.5 Å². The predicted octanol–water partition coefficient (Wildman–Crippen LogP) is 4.50. The molecule has 2 aromatic carbocycles. The van der Waals surface area contributed by atoms with E-state index in [4.69, 9.17) is 9.84 Å². The summed E-state index contributed by atoms with van der Waals surface area (Å²) in [5, 5.41) is 22.7. The Kier molecular flexibility index (Phi) is 9.27. The number of ether oxygens (including phenoxy) is 1. The molecule has 3 N–H and O–H groups in total. The SMILES string of the molecule is CNC(=O)c1nnc(Nc2ccc(CN3CCC(S(C)(=O)=O)CC3)cc2)cc1Nc1cccc2c1N(C)Cc1c-2cnn1C1CCOCC1. The fourth-order valence-electron chi connectivity index (χ4n) is 7.17. The first-order valence-corrected chi connectivity index (χ1v) is 18.8. The van der Waals surface area contributed by atoms with Crippen LogP contribution in [0.15, 0.2) is 54.7 Å². The maximum Gasteiger partial charge on any atom is 0.273 e. The molecule has 0 atom stereocenters. The molecule has 3 aliphatic heterocycles. The Labute approximate surface area is 287 Å². The summed E-state index contributed by atoms with van der Waals surface area (Å²) in [6, 6.07) is 16.4. The van der Waals surface area contributed by atoms with Gasteiger partial charge in [-0.15, -0.1) is 10.2 Å². The molecule has 14 heteroatoms. The molecule has 0 spiro atoms. The summed E-state index contributed by atoms with van der Waals surface area (Å²) >= 11 is 0. The molecule has 2 saturated heterocycles. The molecular weight excluding hydrogens is 643 g/mol. The second-order valence-electron chi connectivity index (χ2n) is 13.2. The van der Waals surface area contributed by atoms with Crippen LogP contribution < -0.4 is 20.9 Å². The Balaban J connectivity index is 1.10. The number of anilines is 5. The van der Waals surface area contributed by atoms with Gasteiger partial charge >= 0.3 is 0 Å². The summed E-state index contributed by atoms with van der Waals surface area (Å²) in [5.74, 6) is 0.147. The molecule has 4 aromatic rings. The number of hydrogen-bond acceptors (Lipinski definition) is 11. The topological polar surface area (TPSA) is 147 Å². The molecule has 5 heterocycles. The minimum atomic E-state index is -2.99. The van der Waals surface area contributed by atoms with E-state index in [0.29, 0.717) is 36.9 Å². The Morgan fingerprint density at radius 1 is 0.959 bits per heavy atom. The number of nitrogens with zero attached hydrogens (tertiary/aromatic N) is 6. The third-order valence-electron chi connectivity index (χ3n) is 9.81. The number of piperidine rings is 1. The minimum Gasteiger partial charge on any atom is -0.381 e. The number of para-hydroxylation sites is 1. The summed E-state index contributed by atoms with van der Waals surface area (Å²) in [6.07, 6.45) is 6.56. The fourth-order valence-corrected chi connectivity index (χ4v) is 8.23. The zero-order chi connectivity index (χ0) is 34.1. The molecule has 0 unspecified atom stereocenters. The van der Waals surface area contributed by atoms with Gasteiger partial charge in [-0.25, -0.2) is 8.42 Å². The lowest BCUT2D eigenvalue weighted by Crippen LogP contribution is -2.38. The standard InChI is InChI=1S/C35H43N9O4S/c1-36-35(45)33-30(19-32(40-41-33)38-24-9-7-23(8-10-24)21-43-15-11-26(12-16-43)49(3,46)47)39-29-6-4-5-27-28-20-37-44(25-13-17-48-18-14-25)31(28)22-42(2)34(27)29/h4-10,19-20,25-26H,11-18,21-22H2,1-3H3,(H,36,45)(H2,38,39,40). The van der Waals surface area contributed by atoms with E-state index in [2.05, 4.69) is 65.9 Å². The minimum absolute atomic E-state index is 0.187. The van der Waals surface area contributed by atoms with E-state index >= 15 is 0 Å². The highest BCUT2D eigenvalue weighted by molar-refractivity contribution is 7.91. The second-order valence-corrected chi connectivity index (χ2v) is 15.5. The van der Waals surface area contributed by atoms with Crippen LogP contribution in [0.3, 0.4) is 0 Å². The number of aromatic nitrogens is 4. The van der Waals surface area contributed by atoms with E-state index in [1.54, 1.807) is 13.1 Å². The zero-order valence-electron chi connectivity index (χ0n) is 28.1. The van der Waals surface area contributed by atoms with Crippen molar-refractivity contribution in [3.63, 3.8) is 0 Å². The van der Waals surface area contributed by atoms with Crippen LogP contribution in [0, 0.1) is 0 Å². The number of hydrogen-bond donors (Lipinski definition) is 3. The molecule has 0 radical (unpaired) electrons. The lowest BCUT2D eigenvalue weighted by molar-refractivity contribution is 0.0654. The van der Waals surface area contributed by atoms with E-state index < -0.39 is 9.84 Å². The molecular formula is C35H43N9O4S. The van der Waals surface area contributed by atoms with Crippen molar-refractivity contribution in [1.82, 2.24) is 30.2 Å². The van der Waals surface area contributed by atoms with Gasteiger partial charge in [0.05, 0.1) is 46.8 Å². The largest absolute Gasteiger partial charge is 0.381 e. The summed E-state index contributed by atoms with van der Waals surface area (Å²) in [7, 11) is 0.662. The van der Waals surface area contributed by atoms with Crippen molar-refractivity contribution in [3.05, 3.63) is 71.7 Å². The number of nitrogens with one attached hydrogen (secondary N) is 3. The molecule has 49 heavy (non-hydrogen) atoms. The van der Waals surface area contributed by atoms with Gasteiger partial charge in [-0.1, -0.05) is 24.3 Å². The van der Waals surface area contributed by atoms with Gasteiger partial charge in [-0.3, -0.25) is 14.4 Å². The van der Waals surface area contributed by atoms with Gasteiger partial charge in [0.2, 0.25) is 0 Å². The molecule has 2 fully saturated rings. The van der Waals surface area contributed by atoms with Crippen molar-refractivity contribution in [1.29, 1.82) is 0 Å². The lowest BCUT2D eigenvalue weighted by Gasteiger charge is -2.32. The summed E-state index contributed by atoms with van der Waals surface area (Å²) in [5.41, 5.74) is 7.95. The van der Waals surface area contributed by atoms with Crippen molar-refractivity contribution in [2.45, 2.75) is 50.1 Å². The van der Waals surface area contributed by atoms with Crippen molar-refractivity contribution in [2.75, 3.05) is 62.2 Å². The van der Waals surface area contributed by atoms with Gasteiger partial charge in [0.25, 0.3) is 5.91 Å². The maximum atomic E-state index is 12.9. The molecule has 0 aliphatic carbocycles. The van der Waals surface area contributed by atoms with Crippen LogP contribution in [-0.4, -0.2) is 91.1 Å². The van der Waals surface area contributed by atoms with E-state index in [1.807, 2.05) is 30.5 Å². The van der Waals surface area contributed by atoms with Crippen LogP contribution >= 0.6 is 0 Å². The van der Waals surface area contributed by atoms with Gasteiger partial charge in [-0.05, 0) is 62.5 Å². The summed E-state index contributed by atoms with van der Waals surface area (Å²) in [4.78, 5) is 17.4. The molecule has 13 nitrogen and oxygen atoms in total. The highest BCUT2D eigenvalue weighted by atomic mass is 32.2. The predicted molar refractivity (Wildman–Crippen MR) is 190 cm³/mol. The third kappa shape index (κ3) is 6.98. The smallest absolute Gasteiger partial charge is 0.273 e. The van der Waals surface area contributed by atoms with Crippen molar-refractivity contribution in [3.8, 4) is 11.1 Å². The van der Waals surface area contributed by atoms with Crippen molar-refractivity contribution >= 4 is 44.3 Å². The van der Waals surface area contributed by atoms with Crippen LogP contribution in [0.2, 0.25) is 0 Å². The van der Waals surface area contributed by atoms with E-state index in [0.717, 1.165) is 79.4 Å². The number of rotatable bonds is 9. The number of amides is 1. The monoisotopic (exact) mass is 685 g/mol. The van der Waals surface area contributed by atoms with E-state index in [-0.39, 0.29) is 16.9 Å². The normalized spacial score (nSPS) is 17.3. The number of carbonyl (C=O) groups is 1. The number of carbonyl (C=O) groups excluding carboxylic acids is 1. The van der Waals surface area contributed by atoms with Crippen molar-refractivity contribution in [2.24, 2.45) is 0 Å². The number of likely N-dealkylation sites (tertiary alicyclic amines) is 1. The lowest BCUT2D eigenvalue weighted by atomic mass is 9.97. The average Bonchev–Trinajstić information content (AvgIpc) is 3.53. The number of benzene rings is 2. The third-order valence-corrected chi connectivity index (χ3v) is 11.5. The molecule has 3 aliphatic rings. The number of fused-ring (bicyclic) bond motifs is 3. The first-order chi connectivity index (χ1) is 23.7. The van der Waals surface area contributed by atoms with Crippen LogP contribution in [0.5, 0.6) is 0 Å². The summed E-state index contributed by atoms with van der Waals surface area (Å²) in [6.45, 7) is 4.51. The number of sulfone groups is 1. The highest BCUT2D eigenvalue weighted by Gasteiger charge is 2.30. The van der Waals surface area contributed by atoms with Crippen LogP contribution in [0.25, 0.3) is 11.1 Å².